The number of aromatic nitrogens is 3. The maximum absolute atomic E-state index is 4.74. The number of piperidine rings is 1. The summed E-state index contributed by atoms with van der Waals surface area (Å²) in [5, 5.41) is 11.2. The van der Waals surface area contributed by atoms with Crippen LogP contribution < -0.4 is 10.2 Å². The van der Waals surface area contributed by atoms with Crippen LogP contribution in [0.2, 0.25) is 0 Å². The molecule has 5 nitrogen and oxygen atoms in total. The number of rotatable bonds is 2. The van der Waals surface area contributed by atoms with Gasteiger partial charge in [-0.1, -0.05) is 13.8 Å². The number of fused-ring (bicyclic) bond motifs is 1. The summed E-state index contributed by atoms with van der Waals surface area (Å²) in [4.78, 5) is 7.09. The highest BCUT2D eigenvalue weighted by atomic mass is 15.4. The lowest BCUT2D eigenvalue weighted by Gasteiger charge is -2.24. The van der Waals surface area contributed by atoms with Crippen molar-refractivity contribution in [3.63, 3.8) is 0 Å². The summed E-state index contributed by atoms with van der Waals surface area (Å²) in [6.07, 6.45) is 3.89. The molecule has 0 bridgehead atoms. The highest BCUT2D eigenvalue weighted by Gasteiger charge is 2.49. The third-order valence-corrected chi connectivity index (χ3v) is 5.22. The van der Waals surface area contributed by atoms with Gasteiger partial charge in [0.15, 0.2) is 0 Å². The normalized spacial score (nSPS) is 36.3. The maximum Gasteiger partial charge on any atom is 0.244 e. The first-order chi connectivity index (χ1) is 9.13. The van der Waals surface area contributed by atoms with E-state index >= 15 is 0 Å². The largest absolute Gasteiger partial charge is 0.338 e. The van der Waals surface area contributed by atoms with Crippen molar-refractivity contribution in [2.24, 2.45) is 11.3 Å². The van der Waals surface area contributed by atoms with Gasteiger partial charge in [0.2, 0.25) is 5.95 Å². The number of H-pyrrole nitrogens is 1. The standard InChI is InChI=1S/C14H23N5/c1-14(2)6-10(14)12-16-13(18-17-12)19-7-9-4-3-5-15-11(9)8-19/h9-11,15H,3-8H2,1-2H3,(H,16,17,18). The summed E-state index contributed by atoms with van der Waals surface area (Å²) in [7, 11) is 0. The second-order valence-corrected chi connectivity index (χ2v) is 7.13. The Morgan fingerprint density at radius 2 is 2.16 bits per heavy atom. The van der Waals surface area contributed by atoms with Gasteiger partial charge in [0.25, 0.3) is 0 Å². The molecule has 1 saturated carbocycles. The molecular weight excluding hydrogens is 238 g/mol. The monoisotopic (exact) mass is 261 g/mol. The SMILES string of the molecule is CC1(C)CC1c1nc(N2CC3CCCNC3C2)n[nH]1. The zero-order valence-corrected chi connectivity index (χ0v) is 11.8. The van der Waals surface area contributed by atoms with Crippen LogP contribution in [0.5, 0.6) is 0 Å². The van der Waals surface area contributed by atoms with Gasteiger partial charge < -0.3 is 10.2 Å². The highest BCUT2D eigenvalue weighted by Crippen LogP contribution is 2.57. The van der Waals surface area contributed by atoms with E-state index in [1.165, 1.54) is 25.8 Å². The first-order valence-electron chi connectivity index (χ1n) is 7.54. The fourth-order valence-electron chi connectivity index (χ4n) is 3.71. The van der Waals surface area contributed by atoms with Crippen LogP contribution in [0, 0.1) is 11.3 Å². The van der Waals surface area contributed by atoms with Crippen molar-refractivity contribution in [3.8, 4) is 0 Å². The van der Waals surface area contributed by atoms with E-state index in [1.54, 1.807) is 0 Å². The predicted molar refractivity (Wildman–Crippen MR) is 74.2 cm³/mol. The van der Waals surface area contributed by atoms with Gasteiger partial charge in [-0.15, -0.1) is 5.10 Å². The number of nitrogens with one attached hydrogen (secondary N) is 2. The fraction of sp³-hybridized carbons (Fsp3) is 0.857. The number of nitrogens with zero attached hydrogens (tertiary/aromatic N) is 3. The lowest BCUT2D eigenvalue weighted by Crippen LogP contribution is -2.40. The minimum atomic E-state index is 0.414. The van der Waals surface area contributed by atoms with Crippen LogP contribution >= 0.6 is 0 Å². The fourth-order valence-corrected chi connectivity index (χ4v) is 3.71. The number of aromatic amines is 1. The molecule has 0 aromatic carbocycles. The van der Waals surface area contributed by atoms with Crippen LogP contribution in [0.1, 0.15) is 44.9 Å². The van der Waals surface area contributed by atoms with Gasteiger partial charge in [-0.3, -0.25) is 5.10 Å². The summed E-state index contributed by atoms with van der Waals surface area (Å²) in [6, 6.07) is 0.646. The van der Waals surface area contributed by atoms with Crippen LogP contribution in [0.4, 0.5) is 5.95 Å². The van der Waals surface area contributed by atoms with Crippen molar-refractivity contribution >= 4 is 5.95 Å². The van der Waals surface area contributed by atoms with Crippen molar-refractivity contribution < 1.29 is 0 Å². The van der Waals surface area contributed by atoms with Gasteiger partial charge in [-0.05, 0) is 37.1 Å². The summed E-state index contributed by atoms with van der Waals surface area (Å²) in [5.74, 6) is 3.36. The molecule has 2 N–H and O–H groups in total. The topological polar surface area (TPSA) is 56.8 Å². The predicted octanol–water partition coefficient (Wildman–Crippen LogP) is 1.51. The summed E-state index contributed by atoms with van der Waals surface area (Å²) >= 11 is 0. The Morgan fingerprint density at radius 3 is 2.89 bits per heavy atom. The van der Waals surface area contributed by atoms with E-state index in [2.05, 4.69) is 34.3 Å². The molecule has 1 aromatic rings. The van der Waals surface area contributed by atoms with Gasteiger partial charge in [0.1, 0.15) is 5.82 Å². The summed E-state index contributed by atoms with van der Waals surface area (Å²) in [6.45, 7) is 7.95. The Balaban J connectivity index is 1.48. The van der Waals surface area contributed by atoms with Gasteiger partial charge >= 0.3 is 0 Å². The van der Waals surface area contributed by atoms with E-state index in [4.69, 9.17) is 4.98 Å². The van der Waals surface area contributed by atoms with E-state index in [1.807, 2.05) is 0 Å². The highest BCUT2D eigenvalue weighted by molar-refractivity contribution is 5.34. The molecule has 3 unspecified atom stereocenters. The molecule has 2 aliphatic heterocycles. The number of anilines is 1. The average molecular weight is 261 g/mol. The van der Waals surface area contributed by atoms with Crippen LogP contribution in [0.25, 0.3) is 0 Å². The van der Waals surface area contributed by atoms with Crippen LogP contribution in [-0.4, -0.2) is 40.9 Å². The molecule has 2 saturated heterocycles. The molecule has 0 spiro atoms. The van der Waals surface area contributed by atoms with Crippen LogP contribution in [-0.2, 0) is 0 Å². The molecule has 104 valence electrons. The van der Waals surface area contributed by atoms with E-state index in [-0.39, 0.29) is 0 Å². The lowest BCUT2D eigenvalue weighted by molar-refractivity contribution is 0.340. The number of hydrogen-bond acceptors (Lipinski definition) is 4. The van der Waals surface area contributed by atoms with Crippen LogP contribution in [0.15, 0.2) is 0 Å². The maximum atomic E-state index is 4.74. The molecule has 0 radical (unpaired) electrons. The van der Waals surface area contributed by atoms with Crippen molar-refractivity contribution in [2.45, 2.75) is 45.1 Å². The lowest BCUT2D eigenvalue weighted by atomic mass is 9.94. The number of hydrogen-bond donors (Lipinski definition) is 2. The zero-order valence-electron chi connectivity index (χ0n) is 11.8. The summed E-state index contributed by atoms with van der Waals surface area (Å²) in [5.41, 5.74) is 0.414. The van der Waals surface area contributed by atoms with E-state index < -0.39 is 0 Å². The molecule has 3 atom stereocenters. The Morgan fingerprint density at radius 1 is 1.32 bits per heavy atom. The molecule has 1 aliphatic carbocycles. The first-order valence-corrected chi connectivity index (χ1v) is 7.54. The second-order valence-electron chi connectivity index (χ2n) is 7.13. The van der Waals surface area contributed by atoms with Crippen molar-refractivity contribution in [2.75, 3.05) is 24.5 Å². The Kier molecular flexibility index (Phi) is 2.43. The minimum Gasteiger partial charge on any atom is -0.338 e. The molecule has 4 rings (SSSR count). The molecule has 3 aliphatic rings. The van der Waals surface area contributed by atoms with E-state index in [0.29, 0.717) is 17.4 Å². The van der Waals surface area contributed by atoms with Gasteiger partial charge in [-0.25, -0.2) is 0 Å². The van der Waals surface area contributed by atoms with Gasteiger partial charge in [-0.2, -0.15) is 4.98 Å². The van der Waals surface area contributed by atoms with Crippen molar-refractivity contribution in [1.82, 2.24) is 20.5 Å². The quantitative estimate of drug-likeness (QED) is 0.847. The second kappa shape index (κ2) is 3.95. The van der Waals surface area contributed by atoms with Crippen molar-refractivity contribution in [1.29, 1.82) is 0 Å². The molecule has 0 amide bonds. The average Bonchev–Trinajstić information content (AvgIpc) is 2.85. The smallest absolute Gasteiger partial charge is 0.244 e. The third kappa shape index (κ3) is 1.95. The third-order valence-electron chi connectivity index (χ3n) is 5.22. The van der Waals surface area contributed by atoms with E-state index in [0.717, 1.165) is 30.8 Å². The van der Waals surface area contributed by atoms with Gasteiger partial charge in [0.05, 0.1) is 0 Å². The molecule has 3 fully saturated rings. The summed E-state index contributed by atoms with van der Waals surface area (Å²) < 4.78 is 0. The zero-order chi connectivity index (χ0) is 13.0. The van der Waals surface area contributed by atoms with E-state index in [9.17, 15) is 0 Å². The molecule has 19 heavy (non-hydrogen) atoms. The Hall–Kier alpha value is -1.10. The minimum absolute atomic E-state index is 0.414. The Labute approximate surface area is 114 Å². The Bertz CT molecular complexity index is 466. The first kappa shape index (κ1) is 11.7. The molecule has 1 aromatic heterocycles. The molecule has 3 heterocycles. The molecule has 5 heteroatoms. The van der Waals surface area contributed by atoms with Gasteiger partial charge in [0, 0.05) is 25.0 Å². The van der Waals surface area contributed by atoms with Crippen molar-refractivity contribution in [3.05, 3.63) is 5.82 Å². The van der Waals surface area contributed by atoms with Crippen LogP contribution in [0.3, 0.4) is 0 Å². The molecular formula is C14H23N5.